The average molecular weight is 282 g/mol. The van der Waals surface area contributed by atoms with E-state index in [1.165, 1.54) is 51.5 Å². The maximum atomic E-state index is 5.62. The summed E-state index contributed by atoms with van der Waals surface area (Å²) < 4.78 is 5.62. The van der Waals surface area contributed by atoms with Crippen LogP contribution in [0.3, 0.4) is 0 Å². The Morgan fingerprint density at radius 2 is 1.90 bits per heavy atom. The van der Waals surface area contributed by atoms with Gasteiger partial charge in [0.2, 0.25) is 0 Å². The Morgan fingerprint density at radius 3 is 2.65 bits per heavy atom. The van der Waals surface area contributed by atoms with E-state index in [1.54, 1.807) is 0 Å². The summed E-state index contributed by atoms with van der Waals surface area (Å²) in [5.41, 5.74) is 0. The van der Waals surface area contributed by atoms with Gasteiger partial charge in [-0.1, -0.05) is 19.3 Å². The lowest BCUT2D eigenvalue weighted by molar-refractivity contribution is 0.0754. The van der Waals surface area contributed by atoms with Gasteiger partial charge in [-0.15, -0.1) is 0 Å². The quantitative estimate of drug-likeness (QED) is 0.704. The zero-order chi connectivity index (χ0) is 14.2. The van der Waals surface area contributed by atoms with Gasteiger partial charge in [-0.05, 0) is 65.0 Å². The van der Waals surface area contributed by atoms with Crippen molar-refractivity contribution in [2.24, 2.45) is 5.92 Å². The molecule has 118 valence electrons. The van der Waals surface area contributed by atoms with Crippen LogP contribution in [-0.2, 0) is 4.74 Å². The number of hydrogen-bond acceptors (Lipinski definition) is 3. The zero-order valence-corrected chi connectivity index (χ0v) is 13.5. The van der Waals surface area contributed by atoms with Crippen molar-refractivity contribution in [1.29, 1.82) is 0 Å². The van der Waals surface area contributed by atoms with Gasteiger partial charge in [0.05, 0.1) is 6.10 Å². The molecule has 2 fully saturated rings. The van der Waals surface area contributed by atoms with E-state index in [0.717, 1.165) is 37.6 Å². The highest BCUT2D eigenvalue weighted by Crippen LogP contribution is 2.30. The Bertz CT molecular complexity index is 251. The Hall–Kier alpha value is -0.120. The fourth-order valence-corrected chi connectivity index (χ4v) is 3.82. The molecule has 1 aliphatic heterocycles. The number of piperidine rings is 1. The predicted molar refractivity (Wildman–Crippen MR) is 85.1 cm³/mol. The molecule has 2 N–H and O–H groups in total. The first-order chi connectivity index (χ1) is 9.77. The van der Waals surface area contributed by atoms with Crippen molar-refractivity contribution in [3.8, 4) is 0 Å². The summed E-state index contributed by atoms with van der Waals surface area (Å²) in [7, 11) is 0. The summed E-state index contributed by atoms with van der Waals surface area (Å²) in [5, 5.41) is 7.59. The van der Waals surface area contributed by atoms with E-state index in [9.17, 15) is 0 Å². The fourth-order valence-electron chi connectivity index (χ4n) is 3.82. The number of ether oxygens (including phenoxy) is 1. The summed E-state index contributed by atoms with van der Waals surface area (Å²) in [4.78, 5) is 0. The highest BCUT2D eigenvalue weighted by atomic mass is 16.5. The second kappa shape index (κ2) is 9.01. The fraction of sp³-hybridized carbons (Fsp3) is 1.00. The Morgan fingerprint density at radius 1 is 1.10 bits per heavy atom. The van der Waals surface area contributed by atoms with E-state index < -0.39 is 0 Å². The van der Waals surface area contributed by atoms with E-state index in [2.05, 4.69) is 24.5 Å². The number of nitrogens with one attached hydrogen (secondary N) is 2. The number of hydrogen-bond donors (Lipinski definition) is 2. The second-order valence-corrected chi connectivity index (χ2v) is 6.84. The normalized spacial score (nSPS) is 31.6. The van der Waals surface area contributed by atoms with Crippen molar-refractivity contribution in [2.45, 2.75) is 83.4 Å². The molecule has 1 saturated carbocycles. The van der Waals surface area contributed by atoms with Gasteiger partial charge in [0.25, 0.3) is 0 Å². The Labute approximate surface area is 125 Å². The lowest BCUT2D eigenvalue weighted by Gasteiger charge is -2.40. The van der Waals surface area contributed by atoms with Crippen molar-refractivity contribution in [3.05, 3.63) is 0 Å². The van der Waals surface area contributed by atoms with Gasteiger partial charge < -0.3 is 15.4 Å². The van der Waals surface area contributed by atoms with Gasteiger partial charge in [0, 0.05) is 18.7 Å². The van der Waals surface area contributed by atoms with Gasteiger partial charge in [-0.25, -0.2) is 0 Å². The molecule has 0 bridgehead atoms. The SMILES string of the molecule is CC(C)OCCCNC1CCCCC1C1CCCCN1. The molecule has 3 unspecified atom stereocenters. The van der Waals surface area contributed by atoms with Gasteiger partial charge in [0.1, 0.15) is 0 Å². The van der Waals surface area contributed by atoms with Crippen LogP contribution < -0.4 is 10.6 Å². The second-order valence-electron chi connectivity index (χ2n) is 6.84. The third-order valence-electron chi connectivity index (χ3n) is 4.86. The molecule has 1 aliphatic carbocycles. The molecule has 3 nitrogen and oxygen atoms in total. The maximum absolute atomic E-state index is 5.62. The molecule has 3 heteroatoms. The Kier molecular flexibility index (Phi) is 7.32. The van der Waals surface area contributed by atoms with Gasteiger partial charge in [0.15, 0.2) is 0 Å². The van der Waals surface area contributed by atoms with Crippen LogP contribution in [0.5, 0.6) is 0 Å². The van der Waals surface area contributed by atoms with Crippen LogP contribution in [0.1, 0.15) is 65.2 Å². The predicted octanol–water partition coefficient (Wildman–Crippen LogP) is 3.09. The molecule has 2 rings (SSSR count). The number of rotatable bonds is 7. The molecule has 0 aromatic rings. The summed E-state index contributed by atoms with van der Waals surface area (Å²) in [6.45, 7) is 7.46. The van der Waals surface area contributed by atoms with E-state index in [-0.39, 0.29) is 0 Å². The zero-order valence-electron chi connectivity index (χ0n) is 13.5. The minimum Gasteiger partial charge on any atom is -0.379 e. The van der Waals surface area contributed by atoms with Crippen molar-refractivity contribution in [3.63, 3.8) is 0 Å². The van der Waals surface area contributed by atoms with Crippen molar-refractivity contribution < 1.29 is 4.74 Å². The molecule has 0 aromatic heterocycles. The summed E-state index contributed by atoms with van der Waals surface area (Å²) in [6.07, 6.45) is 11.3. The van der Waals surface area contributed by atoms with Crippen LogP contribution in [0.4, 0.5) is 0 Å². The monoisotopic (exact) mass is 282 g/mol. The lowest BCUT2D eigenvalue weighted by Crippen LogP contribution is -2.50. The first kappa shape index (κ1) is 16.3. The van der Waals surface area contributed by atoms with Crippen LogP contribution in [-0.4, -0.2) is 37.9 Å². The molecule has 1 saturated heterocycles. The summed E-state index contributed by atoms with van der Waals surface area (Å²) in [5.74, 6) is 0.857. The van der Waals surface area contributed by atoms with E-state index in [1.807, 2.05) is 0 Å². The third kappa shape index (κ3) is 5.34. The molecular formula is C17H34N2O. The van der Waals surface area contributed by atoms with E-state index >= 15 is 0 Å². The van der Waals surface area contributed by atoms with Crippen LogP contribution >= 0.6 is 0 Å². The van der Waals surface area contributed by atoms with E-state index in [0.29, 0.717) is 6.10 Å². The highest BCUT2D eigenvalue weighted by molar-refractivity contribution is 4.90. The minimum atomic E-state index is 0.365. The third-order valence-corrected chi connectivity index (χ3v) is 4.86. The molecule has 20 heavy (non-hydrogen) atoms. The molecule has 2 aliphatic rings. The average Bonchev–Trinajstić information content (AvgIpc) is 2.48. The molecular weight excluding hydrogens is 248 g/mol. The molecule has 1 heterocycles. The molecule has 0 aromatic carbocycles. The standard InChI is InChI=1S/C17H34N2O/c1-14(2)20-13-7-12-19-16-9-4-3-8-15(16)17-10-5-6-11-18-17/h14-19H,3-13H2,1-2H3. The highest BCUT2D eigenvalue weighted by Gasteiger charge is 2.31. The van der Waals surface area contributed by atoms with Crippen molar-refractivity contribution in [1.82, 2.24) is 10.6 Å². The minimum absolute atomic E-state index is 0.365. The maximum Gasteiger partial charge on any atom is 0.0518 e. The van der Waals surface area contributed by atoms with Crippen molar-refractivity contribution in [2.75, 3.05) is 19.7 Å². The molecule has 0 amide bonds. The van der Waals surface area contributed by atoms with Gasteiger partial charge >= 0.3 is 0 Å². The topological polar surface area (TPSA) is 33.3 Å². The van der Waals surface area contributed by atoms with Crippen LogP contribution in [0.2, 0.25) is 0 Å². The van der Waals surface area contributed by atoms with Crippen LogP contribution in [0.25, 0.3) is 0 Å². The first-order valence-electron chi connectivity index (χ1n) is 8.85. The van der Waals surface area contributed by atoms with Gasteiger partial charge in [-0.2, -0.15) is 0 Å². The lowest BCUT2D eigenvalue weighted by atomic mass is 9.77. The molecule has 0 spiro atoms. The molecule has 3 atom stereocenters. The van der Waals surface area contributed by atoms with E-state index in [4.69, 9.17) is 4.74 Å². The molecule has 0 radical (unpaired) electrons. The van der Waals surface area contributed by atoms with Gasteiger partial charge in [-0.3, -0.25) is 0 Å². The largest absolute Gasteiger partial charge is 0.379 e. The van der Waals surface area contributed by atoms with Crippen LogP contribution in [0.15, 0.2) is 0 Å². The first-order valence-corrected chi connectivity index (χ1v) is 8.85. The smallest absolute Gasteiger partial charge is 0.0518 e. The Balaban J connectivity index is 1.69. The summed E-state index contributed by atoms with van der Waals surface area (Å²) >= 11 is 0. The summed E-state index contributed by atoms with van der Waals surface area (Å²) in [6, 6.07) is 1.51. The van der Waals surface area contributed by atoms with Crippen molar-refractivity contribution >= 4 is 0 Å². The van der Waals surface area contributed by atoms with Crippen LogP contribution in [0, 0.1) is 5.92 Å².